The fourth-order valence-corrected chi connectivity index (χ4v) is 2.39. The minimum absolute atomic E-state index is 0.189. The predicted molar refractivity (Wildman–Crippen MR) is 89.8 cm³/mol. The SMILES string of the molecule is C=C(NOCCCCC1COC(C)(C(=O)O)OC1)c1ccc(F)cc1. The number of hydrogen-bond acceptors (Lipinski definition) is 5. The molecule has 0 bridgehead atoms. The third kappa shape index (κ3) is 5.81. The topological polar surface area (TPSA) is 77.0 Å². The molecule has 0 aliphatic carbocycles. The fourth-order valence-electron chi connectivity index (χ4n) is 2.39. The first kappa shape index (κ1) is 19.4. The van der Waals surface area contributed by atoms with Crippen molar-refractivity contribution in [2.75, 3.05) is 19.8 Å². The van der Waals surface area contributed by atoms with Crippen molar-refractivity contribution in [3.8, 4) is 0 Å². The quantitative estimate of drug-likeness (QED) is 0.525. The molecule has 1 aromatic carbocycles. The molecule has 0 amide bonds. The average molecular weight is 353 g/mol. The highest BCUT2D eigenvalue weighted by Crippen LogP contribution is 2.24. The highest BCUT2D eigenvalue weighted by molar-refractivity contribution is 5.75. The molecule has 0 aromatic heterocycles. The van der Waals surface area contributed by atoms with E-state index in [1.54, 1.807) is 12.1 Å². The van der Waals surface area contributed by atoms with Gasteiger partial charge in [0.15, 0.2) is 0 Å². The van der Waals surface area contributed by atoms with Gasteiger partial charge in [-0.05, 0) is 42.7 Å². The first-order chi connectivity index (χ1) is 11.9. The maximum atomic E-state index is 12.8. The molecule has 0 spiro atoms. The number of carboxylic acids is 1. The van der Waals surface area contributed by atoms with Crippen LogP contribution in [-0.2, 0) is 19.1 Å². The van der Waals surface area contributed by atoms with E-state index < -0.39 is 11.8 Å². The van der Waals surface area contributed by atoms with Gasteiger partial charge in [-0.1, -0.05) is 13.0 Å². The van der Waals surface area contributed by atoms with Crippen LogP contribution in [-0.4, -0.2) is 36.7 Å². The van der Waals surface area contributed by atoms with Gasteiger partial charge in [0.2, 0.25) is 0 Å². The summed E-state index contributed by atoms with van der Waals surface area (Å²) in [6, 6.07) is 5.99. The summed E-state index contributed by atoms with van der Waals surface area (Å²) in [6.07, 6.45) is 2.61. The van der Waals surface area contributed by atoms with Crippen molar-refractivity contribution in [2.45, 2.75) is 32.0 Å². The van der Waals surface area contributed by atoms with Crippen LogP contribution < -0.4 is 5.48 Å². The van der Waals surface area contributed by atoms with E-state index in [9.17, 15) is 9.18 Å². The maximum absolute atomic E-state index is 12.8. The Hall–Kier alpha value is -1.96. The number of ether oxygens (including phenoxy) is 2. The molecule has 25 heavy (non-hydrogen) atoms. The first-order valence-corrected chi connectivity index (χ1v) is 8.24. The Balaban J connectivity index is 1.55. The number of benzene rings is 1. The van der Waals surface area contributed by atoms with Gasteiger partial charge in [0.1, 0.15) is 5.82 Å². The molecule has 6 nitrogen and oxygen atoms in total. The van der Waals surface area contributed by atoms with E-state index in [2.05, 4.69) is 12.1 Å². The van der Waals surface area contributed by atoms with Crippen molar-refractivity contribution in [1.29, 1.82) is 0 Å². The van der Waals surface area contributed by atoms with Crippen LogP contribution in [0.4, 0.5) is 4.39 Å². The molecule has 0 atom stereocenters. The van der Waals surface area contributed by atoms with Crippen LogP contribution in [0.5, 0.6) is 0 Å². The van der Waals surface area contributed by atoms with E-state index in [1.165, 1.54) is 19.1 Å². The molecule has 2 rings (SSSR count). The molecule has 0 saturated carbocycles. The second-order valence-electron chi connectivity index (χ2n) is 6.17. The Morgan fingerprint density at radius 1 is 1.36 bits per heavy atom. The third-order valence-corrected chi connectivity index (χ3v) is 4.07. The number of hydrogen-bond donors (Lipinski definition) is 2. The van der Waals surface area contributed by atoms with Crippen LogP contribution in [0.15, 0.2) is 30.8 Å². The van der Waals surface area contributed by atoms with Gasteiger partial charge in [0, 0.05) is 12.8 Å². The van der Waals surface area contributed by atoms with Gasteiger partial charge in [0.05, 0.1) is 25.5 Å². The second kappa shape index (κ2) is 8.94. The molecular weight excluding hydrogens is 329 g/mol. The minimum atomic E-state index is -1.52. The van der Waals surface area contributed by atoms with Crippen molar-refractivity contribution in [3.05, 3.63) is 42.2 Å². The number of hydroxylamine groups is 1. The number of halogens is 1. The van der Waals surface area contributed by atoms with Gasteiger partial charge in [-0.2, -0.15) is 0 Å². The lowest BCUT2D eigenvalue weighted by Gasteiger charge is -2.34. The molecule has 1 saturated heterocycles. The van der Waals surface area contributed by atoms with Crippen LogP contribution >= 0.6 is 0 Å². The maximum Gasteiger partial charge on any atom is 0.364 e. The number of carboxylic acid groups (broad SMARTS) is 1. The van der Waals surface area contributed by atoms with Gasteiger partial charge in [-0.25, -0.2) is 9.18 Å². The Kier molecular flexibility index (Phi) is 6.92. The number of unbranched alkanes of at least 4 members (excludes halogenated alkanes) is 1. The molecule has 1 aromatic rings. The average Bonchev–Trinajstić information content (AvgIpc) is 2.60. The summed E-state index contributed by atoms with van der Waals surface area (Å²) < 4.78 is 23.5. The zero-order valence-electron chi connectivity index (χ0n) is 14.3. The van der Waals surface area contributed by atoms with Gasteiger partial charge in [-0.3, -0.25) is 10.3 Å². The summed E-state index contributed by atoms with van der Waals surface area (Å²) in [4.78, 5) is 16.3. The van der Waals surface area contributed by atoms with Gasteiger partial charge >= 0.3 is 5.97 Å². The second-order valence-corrected chi connectivity index (χ2v) is 6.17. The van der Waals surface area contributed by atoms with Crippen LogP contribution in [0.2, 0.25) is 0 Å². The molecule has 1 aliphatic rings. The summed E-state index contributed by atoms with van der Waals surface area (Å²) in [5.74, 6) is -2.73. The van der Waals surface area contributed by atoms with Crippen molar-refractivity contribution in [1.82, 2.24) is 5.48 Å². The predicted octanol–water partition coefficient (Wildman–Crippen LogP) is 2.95. The van der Waals surface area contributed by atoms with E-state index in [4.69, 9.17) is 19.4 Å². The highest BCUT2D eigenvalue weighted by atomic mass is 19.1. The highest BCUT2D eigenvalue weighted by Gasteiger charge is 2.40. The Bertz CT molecular complexity index is 582. The first-order valence-electron chi connectivity index (χ1n) is 8.24. The molecule has 0 unspecified atom stereocenters. The van der Waals surface area contributed by atoms with Crippen molar-refractivity contribution >= 4 is 11.7 Å². The summed E-state index contributed by atoms with van der Waals surface area (Å²) >= 11 is 0. The van der Waals surface area contributed by atoms with Gasteiger partial charge in [0.25, 0.3) is 5.79 Å². The number of nitrogens with one attached hydrogen (secondary N) is 1. The Morgan fingerprint density at radius 3 is 2.60 bits per heavy atom. The van der Waals surface area contributed by atoms with Crippen LogP contribution in [0.25, 0.3) is 5.70 Å². The molecule has 1 fully saturated rings. The van der Waals surface area contributed by atoms with Crippen molar-refractivity contribution < 1.29 is 28.6 Å². The van der Waals surface area contributed by atoms with Crippen LogP contribution in [0.3, 0.4) is 0 Å². The molecule has 1 heterocycles. The van der Waals surface area contributed by atoms with Crippen LogP contribution in [0.1, 0.15) is 31.7 Å². The van der Waals surface area contributed by atoms with Crippen molar-refractivity contribution in [3.63, 3.8) is 0 Å². The Labute approximate surface area is 146 Å². The number of aliphatic carboxylic acids is 1. The smallest absolute Gasteiger partial charge is 0.364 e. The summed E-state index contributed by atoms with van der Waals surface area (Å²) in [5.41, 5.74) is 4.08. The largest absolute Gasteiger partial charge is 0.477 e. The molecular formula is C18H24FNO5. The summed E-state index contributed by atoms with van der Waals surface area (Å²) in [5, 5.41) is 9.00. The normalized spacial score (nSPS) is 23.2. The molecule has 138 valence electrons. The lowest BCUT2D eigenvalue weighted by Crippen LogP contribution is -2.47. The zero-order valence-corrected chi connectivity index (χ0v) is 14.3. The standard InChI is InChI=1S/C18H24FNO5/c1-13(15-6-8-16(19)9-7-15)20-25-10-4-3-5-14-11-23-18(2,17(21)22)24-12-14/h6-9,14,20H,1,3-5,10-12H2,2H3,(H,21,22). The number of rotatable bonds is 9. The van der Waals surface area contributed by atoms with Crippen LogP contribution in [0, 0.1) is 11.7 Å². The van der Waals surface area contributed by atoms with E-state index in [1.807, 2.05) is 0 Å². The van der Waals surface area contributed by atoms with E-state index in [0.29, 0.717) is 25.5 Å². The Morgan fingerprint density at radius 2 is 2.00 bits per heavy atom. The van der Waals surface area contributed by atoms with Crippen molar-refractivity contribution in [2.24, 2.45) is 5.92 Å². The summed E-state index contributed by atoms with van der Waals surface area (Å²) in [7, 11) is 0. The third-order valence-electron chi connectivity index (χ3n) is 4.07. The lowest BCUT2D eigenvalue weighted by atomic mass is 10.0. The van der Waals surface area contributed by atoms with E-state index in [-0.39, 0.29) is 11.7 Å². The fraction of sp³-hybridized carbons (Fsp3) is 0.500. The minimum Gasteiger partial charge on any atom is -0.477 e. The van der Waals surface area contributed by atoms with E-state index in [0.717, 1.165) is 24.8 Å². The number of carbonyl (C=O) groups is 1. The molecule has 0 radical (unpaired) electrons. The van der Waals surface area contributed by atoms with E-state index >= 15 is 0 Å². The molecule has 2 N–H and O–H groups in total. The molecule has 1 aliphatic heterocycles. The monoisotopic (exact) mass is 353 g/mol. The van der Waals surface area contributed by atoms with Gasteiger partial charge < -0.3 is 14.6 Å². The molecule has 7 heteroatoms. The zero-order chi connectivity index (χ0) is 18.3. The lowest BCUT2D eigenvalue weighted by molar-refractivity contribution is -0.271. The van der Waals surface area contributed by atoms with Gasteiger partial charge in [-0.15, -0.1) is 0 Å². The summed E-state index contributed by atoms with van der Waals surface area (Å²) in [6.45, 7) is 6.51.